The van der Waals surface area contributed by atoms with Gasteiger partial charge in [-0.25, -0.2) is 9.97 Å². The van der Waals surface area contributed by atoms with E-state index < -0.39 is 24.6 Å². The molecule has 0 bridgehead atoms. The van der Waals surface area contributed by atoms with Crippen LogP contribution in [0.2, 0.25) is 0 Å². The Balaban J connectivity index is 1.28. The number of hydrogen-bond acceptors (Lipinski definition) is 7. The summed E-state index contributed by atoms with van der Waals surface area (Å²) in [7, 11) is 1.49. The molecule has 1 aliphatic carbocycles. The Bertz CT molecular complexity index is 1510. The van der Waals surface area contributed by atoms with E-state index in [1.165, 1.54) is 19.2 Å². The Labute approximate surface area is 260 Å². The van der Waals surface area contributed by atoms with Crippen molar-refractivity contribution < 1.29 is 37.3 Å². The van der Waals surface area contributed by atoms with E-state index in [0.717, 1.165) is 31.2 Å². The first kappa shape index (κ1) is 32.1. The van der Waals surface area contributed by atoms with E-state index in [9.17, 15) is 27.9 Å². The summed E-state index contributed by atoms with van der Waals surface area (Å²) in [6.45, 7) is 1.71. The number of carbonyl (C=O) groups is 2. The third-order valence-corrected chi connectivity index (χ3v) is 8.36. The number of piperidine rings is 1. The number of halogens is 3. The Morgan fingerprint density at radius 3 is 2.49 bits per heavy atom. The average Bonchev–Trinajstić information content (AvgIpc) is 3.86. The summed E-state index contributed by atoms with van der Waals surface area (Å²) in [6, 6.07) is 13.1. The molecule has 2 aliphatic rings. The molecule has 1 aromatic carbocycles. The second-order valence-electron chi connectivity index (χ2n) is 11.7. The van der Waals surface area contributed by atoms with Gasteiger partial charge in [0.2, 0.25) is 5.88 Å². The van der Waals surface area contributed by atoms with Crippen molar-refractivity contribution in [2.45, 2.75) is 51.1 Å². The number of methoxy groups -OCH3 is 1. The monoisotopic (exact) mass is 626 g/mol. The predicted octanol–water partition coefficient (Wildman–Crippen LogP) is 6.27. The molecular weight excluding hydrogens is 589 g/mol. The molecule has 5 rings (SSSR count). The van der Waals surface area contributed by atoms with Crippen LogP contribution in [0.15, 0.2) is 54.7 Å². The number of rotatable bonds is 12. The molecule has 240 valence electrons. The van der Waals surface area contributed by atoms with Crippen molar-refractivity contribution in [2.24, 2.45) is 11.8 Å². The molecule has 9 nitrogen and oxygen atoms in total. The van der Waals surface area contributed by atoms with Gasteiger partial charge in [0, 0.05) is 37.1 Å². The fraction of sp³-hybridized carbons (Fsp3) is 0.455. The lowest BCUT2D eigenvalue weighted by Crippen LogP contribution is -2.41. The van der Waals surface area contributed by atoms with Crippen LogP contribution in [0.5, 0.6) is 11.6 Å². The highest BCUT2D eigenvalue weighted by Gasteiger charge is 2.37. The molecule has 0 radical (unpaired) electrons. The topological polar surface area (TPSA) is 105 Å². The number of hydrogen-bond donors (Lipinski definition) is 1. The molecule has 0 spiro atoms. The van der Waals surface area contributed by atoms with Gasteiger partial charge in [-0.2, -0.15) is 13.2 Å². The number of alkyl halides is 3. The third-order valence-electron chi connectivity index (χ3n) is 8.36. The SMILES string of the molecule is COc1ccc(C(=O)N(CC(F)(F)F)c2cccc(C)n2)c(N2CCC(COc3cc(C(CC(=O)O)C4CC4)ccn3)CC2)c1. The van der Waals surface area contributed by atoms with Gasteiger partial charge < -0.3 is 19.5 Å². The van der Waals surface area contributed by atoms with Crippen LogP contribution in [0, 0.1) is 18.8 Å². The summed E-state index contributed by atoms with van der Waals surface area (Å²) < 4.78 is 52.4. The summed E-state index contributed by atoms with van der Waals surface area (Å²) in [5, 5.41) is 9.35. The first-order valence-corrected chi connectivity index (χ1v) is 15.1. The van der Waals surface area contributed by atoms with Crippen molar-refractivity contribution in [3.8, 4) is 11.6 Å². The number of aryl methyl sites for hydroxylation is 1. The van der Waals surface area contributed by atoms with Crippen molar-refractivity contribution in [1.29, 1.82) is 0 Å². The van der Waals surface area contributed by atoms with Crippen molar-refractivity contribution in [2.75, 3.05) is 43.2 Å². The largest absolute Gasteiger partial charge is 0.497 e. The van der Waals surface area contributed by atoms with Gasteiger partial charge in [0.15, 0.2) is 0 Å². The van der Waals surface area contributed by atoms with Crippen molar-refractivity contribution in [1.82, 2.24) is 9.97 Å². The van der Waals surface area contributed by atoms with Gasteiger partial charge in [0.05, 0.1) is 31.4 Å². The summed E-state index contributed by atoms with van der Waals surface area (Å²) >= 11 is 0. The maximum absolute atomic E-state index is 13.8. The van der Waals surface area contributed by atoms with E-state index in [4.69, 9.17) is 9.47 Å². The van der Waals surface area contributed by atoms with Gasteiger partial charge in [-0.15, -0.1) is 0 Å². The molecule has 1 saturated carbocycles. The highest BCUT2D eigenvalue weighted by Crippen LogP contribution is 2.45. The minimum absolute atomic E-state index is 0.0513. The highest BCUT2D eigenvalue weighted by molar-refractivity contribution is 6.09. The number of ether oxygens (including phenoxy) is 2. The summed E-state index contributed by atoms with van der Waals surface area (Å²) in [6.07, 6.45) is 0.601. The Morgan fingerprint density at radius 1 is 1.09 bits per heavy atom. The normalized spacial score (nSPS) is 16.2. The molecule has 1 aliphatic heterocycles. The number of carboxylic acid groups (broad SMARTS) is 1. The zero-order valence-electron chi connectivity index (χ0n) is 25.3. The second-order valence-corrected chi connectivity index (χ2v) is 11.7. The minimum Gasteiger partial charge on any atom is -0.497 e. The number of aliphatic carboxylic acids is 1. The number of pyridine rings is 2. The number of carbonyl (C=O) groups excluding carboxylic acids is 1. The van der Waals surface area contributed by atoms with Crippen LogP contribution < -0.4 is 19.3 Å². The predicted molar refractivity (Wildman–Crippen MR) is 162 cm³/mol. The molecule has 1 atom stereocenters. The second kappa shape index (κ2) is 13.7. The molecule has 1 saturated heterocycles. The molecule has 45 heavy (non-hydrogen) atoms. The summed E-state index contributed by atoms with van der Waals surface area (Å²) in [5.41, 5.74) is 2.05. The quantitative estimate of drug-likeness (QED) is 0.251. The van der Waals surface area contributed by atoms with Crippen molar-refractivity contribution in [3.05, 3.63) is 71.5 Å². The van der Waals surface area contributed by atoms with Crippen LogP contribution in [-0.2, 0) is 4.79 Å². The van der Waals surface area contributed by atoms with Gasteiger partial charge in [-0.3, -0.25) is 14.5 Å². The van der Waals surface area contributed by atoms with Crippen LogP contribution in [0.1, 0.15) is 59.6 Å². The average molecular weight is 627 g/mol. The molecule has 2 aromatic heterocycles. The zero-order chi connectivity index (χ0) is 32.1. The first-order valence-electron chi connectivity index (χ1n) is 15.1. The molecular formula is C33H37F3N4O5. The lowest BCUT2D eigenvalue weighted by molar-refractivity contribution is -0.137. The molecule has 3 aromatic rings. The molecule has 1 unspecified atom stereocenters. The van der Waals surface area contributed by atoms with E-state index in [1.807, 2.05) is 17.0 Å². The fourth-order valence-corrected chi connectivity index (χ4v) is 5.86. The first-order chi connectivity index (χ1) is 21.5. The summed E-state index contributed by atoms with van der Waals surface area (Å²) in [4.78, 5) is 36.3. The molecule has 1 N–H and O–H groups in total. The van der Waals surface area contributed by atoms with Crippen LogP contribution in [0.25, 0.3) is 0 Å². The van der Waals surface area contributed by atoms with E-state index in [2.05, 4.69) is 9.97 Å². The van der Waals surface area contributed by atoms with E-state index >= 15 is 0 Å². The van der Waals surface area contributed by atoms with Crippen LogP contribution >= 0.6 is 0 Å². The van der Waals surface area contributed by atoms with Gasteiger partial charge in [-0.1, -0.05) is 6.07 Å². The van der Waals surface area contributed by atoms with E-state index in [-0.39, 0.29) is 29.6 Å². The van der Waals surface area contributed by atoms with E-state index in [0.29, 0.717) is 53.5 Å². The van der Waals surface area contributed by atoms with Crippen molar-refractivity contribution in [3.63, 3.8) is 0 Å². The number of carboxylic acids is 1. The van der Waals surface area contributed by atoms with Gasteiger partial charge in [0.25, 0.3) is 5.91 Å². The maximum atomic E-state index is 13.8. The Morgan fingerprint density at radius 2 is 1.84 bits per heavy atom. The molecule has 1 amide bonds. The lowest BCUT2D eigenvalue weighted by atomic mass is 9.92. The Kier molecular flexibility index (Phi) is 9.79. The fourth-order valence-electron chi connectivity index (χ4n) is 5.86. The third kappa shape index (κ3) is 8.43. The molecule has 2 fully saturated rings. The highest BCUT2D eigenvalue weighted by atomic mass is 19.4. The van der Waals surface area contributed by atoms with Gasteiger partial charge >= 0.3 is 12.1 Å². The molecule has 3 heterocycles. The number of anilines is 2. The van der Waals surface area contributed by atoms with Crippen LogP contribution in [0.3, 0.4) is 0 Å². The van der Waals surface area contributed by atoms with Crippen molar-refractivity contribution >= 4 is 23.4 Å². The standard InChI is InChI=1S/C33H37F3N4O5/c1-21-4-3-5-29(38-21)40(20-33(34,35)36)32(43)26-9-8-25(44-2)17-28(26)39-14-11-22(12-15-39)19-45-30-16-24(10-13-37-30)27(18-31(41)42)23-6-7-23/h3-5,8-10,13,16-17,22-23,27H,6-7,11-12,14-15,18-20H2,1-2H3,(H,41,42). The zero-order valence-corrected chi connectivity index (χ0v) is 25.3. The number of amides is 1. The summed E-state index contributed by atoms with van der Waals surface area (Å²) in [5.74, 6) is -0.229. The number of nitrogens with zero attached hydrogens (tertiary/aromatic N) is 4. The number of benzene rings is 1. The van der Waals surface area contributed by atoms with Gasteiger partial charge in [-0.05, 0) is 86.3 Å². The van der Waals surface area contributed by atoms with E-state index in [1.54, 1.807) is 37.4 Å². The minimum atomic E-state index is -4.63. The maximum Gasteiger partial charge on any atom is 0.406 e. The molecule has 12 heteroatoms. The number of aromatic nitrogens is 2. The van der Waals surface area contributed by atoms with Crippen LogP contribution in [-0.4, -0.2) is 66.5 Å². The van der Waals surface area contributed by atoms with Gasteiger partial charge in [0.1, 0.15) is 18.1 Å². The van der Waals surface area contributed by atoms with Crippen LogP contribution in [0.4, 0.5) is 24.7 Å². The lowest BCUT2D eigenvalue weighted by Gasteiger charge is -2.35. The smallest absolute Gasteiger partial charge is 0.406 e. The Hall–Kier alpha value is -4.35.